The van der Waals surface area contributed by atoms with Gasteiger partial charge in [0.2, 0.25) is 5.91 Å². The van der Waals surface area contributed by atoms with Crippen molar-refractivity contribution in [2.75, 3.05) is 20.8 Å². The first kappa shape index (κ1) is 16.8. The van der Waals surface area contributed by atoms with Gasteiger partial charge in [-0.1, -0.05) is 13.0 Å². The van der Waals surface area contributed by atoms with Gasteiger partial charge in [0.05, 0.1) is 20.3 Å². The molecule has 1 unspecified atom stereocenters. The Labute approximate surface area is 125 Å². The van der Waals surface area contributed by atoms with E-state index in [4.69, 9.17) is 14.7 Å². The standard InChI is InChI=1S/C16H22N2O3/c1-5-16(2,11-17)15(19)18-9-8-12-6-7-13(20-3)14(10-12)21-4/h6-7,10H,5,8-9H2,1-4H3,(H,18,19). The quantitative estimate of drug-likeness (QED) is 0.836. The highest BCUT2D eigenvalue weighted by Gasteiger charge is 2.30. The fraction of sp³-hybridized carbons (Fsp3) is 0.500. The van der Waals surface area contributed by atoms with Crippen LogP contribution in [-0.2, 0) is 11.2 Å². The first-order chi connectivity index (χ1) is 10.0. The van der Waals surface area contributed by atoms with Gasteiger partial charge in [0, 0.05) is 6.54 Å². The first-order valence-electron chi connectivity index (χ1n) is 6.91. The second-order valence-corrected chi connectivity index (χ2v) is 4.99. The Hall–Kier alpha value is -2.22. The molecule has 5 nitrogen and oxygen atoms in total. The minimum Gasteiger partial charge on any atom is -0.493 e. The largest absolute Gasteiger partial charge is 0.493 e. The number of amides is 1. The molecule has 1 aromatic rings. The molecule has 1 N–H and O–H groups in total. The Morgan fingerprint density at radius 3 is 2.52 bits per heavy atom. The number of hydrogen-bond acceptors (Lipinski definition) is 4. The SMILES string of the molecule is CCC(C)(C#N)C(=O)NCCc1ccc(OC)c(OC)c1. The zero-order chi connectivity index (χ0) is 15.9. The fourth-order valence-corrected chi connectivity index (χ4v) is 1.84. The molecule has 0 saturated heterocycles. The molecule has 1 amide bonds. The Morgan fingerprint density at radius 2 is 2.00 bits per heavy atom. The van der Waals surface area contributed by atoms with E-state index in [0.717, 1.165) is 5.56 Å². The Kier molecular flexibility index (Phi) is 6.04. The summed E-state index contributed by atoms with van der Waals surface area (Å²) in [4.78, 5) is 12.0. The lowest BCUT2D eigenvalue weighted by atomic mass is 9.88. The van der Waals surface area contributed by atoms with Gasteiger partial charge in [-0.2, -0.15) is 5.26 Å². The summed E-state index contributed by atoms with van der Waals surface area (Å²) in [5.41, 5.74) is 0.0699. The molecule has 0 aliphatic rings. The summed E-state index contributed by atoms with van der Waals surface area (Å²) < 4.78 is 10.4. The van der Waals surface area contributed by atoms with Crippen molar-refractivity contribution in [3.05, 3.63) is 23.8 Å². The van der Waals surface area contributed by atoms with Crippen LogP contribution in [0.25, 0.3) is 0 Å². The van der Waals surface area contributed by atoms with Crippen LogP contribution in [0, 0.1) is 16.7 Å². The summed E-state index contributed by atoms with van der Waals surface area (Å²) in [6.07, 6.45) is 1.16. The van der Waals surface area contributed by atoms with Gasteiger partial charge in [-0.25, -0.2) is 0 Å². The highest BCUT2D eigenvalue weighted by atomic mass is 16.5. The Balaban J connectivity index is 2.61. The van der Waals surface area contributed by atoms with Gasteiger partial charge in [-0.3, -0.25) is 4.79 Å². The number of rotatable bonds is 7. The topological polar surface area (TPSA) is 71.4 Å². The number of hydrogen-bond donors (Lipinski definition) is 1. The van der Waals surface area contributed by atoms with E-state index in [2.05, 4.69) is 11.4 Å². The molecular formula is C16H22N2O3. The third-order valence-corrected chi connectivity index (χ3v) is 3.60. The van der Waals surface area contributed by atoms with E-state index in [9.17, 15) is 4.79 Å². The number of benzene rings is 1. The lowest BCUT2D eigenvalue weighted by Crippen LogP contribution is -2.38. The van der Waals surface area contributed by atoms with E-state index in [1.807, 2.05) is 25.1 Å². The molecule has 114 valence electrons. The van der Waals surface area contributed by atoms with Gasteiger partial charge < -0.3 is 14.8 Å². The van der Waals surface area contributed by atoms with Crippen molar-refractivity contribution >= 4 is 5.91 Å². The van der Waals surface area contributed by atoms with Gasteiger partial charge in [0.25, 0.3) is 0 Å². The van der Waals surface area contributed by atoms with Crippen LogP contribution in [0.15, 0.2) is 18.2 Å². The van der Waals surface area contributed by atoms with Crippen molar-refractivity contribution in [2.24, 2.45) is 5.41 Å². The predicted octanol–water partition coefficient (Wildman–Crippen LogP) is 2.30. The number of carbonyl (C=O) groups excluding carboxylic acids is 1. The number of nitriles is 1. The van der Waals surface area contributed by atoms with Crippen LogP contribution in [-0.4, -0.2) is 26.7 Å². The van der Waals surface area contributed by atoms with Crippen molar-refractivity contribution in [2.45, 2.75) is 26.7 Å². The van der Waals surface area contributed by atoms with Crippen LogP contribution < -0.4 is 14.8 Å². The van der Waals surface area contributed by atoms with Crippen molar-refractivity contribution in [1.29, 1.82) is 5.26 Å². The number of methoxy groups -OCH3 is 2. The van der Waals surface area contributed by atoms with Crippen molar-refractivity contribution in [3.63, 3.8) is 0 Å². The average molecular weight is 290 g/mol. The van der Waals surface area contributed by atoms with E-state index in [0.29, 0.717) is 30.9 Å². The van der Waals surface area contributed by atoms with Gasteiger partial charge in [-0.15, -0.1) is 0 Å². The Bertz CT molecular complexity index is 537. The lowest BCUT2D eigenvalue weighted by molar-refractivity contribution is -0.127. The van der Waals surface area contributed by atoms with E-state index >= 15 is 0 Å². The predicted molar refractivity (Wildman–Crippen MR) is 80.3 cm³/mol. The van der Waals surface area contributed by atoms with Crippen molar-refractivity contribution in [1.82, 2.24) is 5.32 Å². The van der Waals surface area contributed by atoms with Crippen LogP contribution in [0.4, 0.5) is 0 Å². The van der Waals surface area contributed by atoms with Crippen molar-refractivity contribution < 1.29 is 14.3 Å². The smallest absolute Gasteiger partial charge is 0.240 e. The third-order valence-electron chi connectivity index (χ3n) is 3.60. The highest BCUT2D eigenvalue weighted by molar-refractivity contribution is 5.84. The minimum atomic E-state index is -0.961. The van der Waals surface area contributed by atoms with Crippen LogP contribution >= 0.6 is 0 Å². The summed E-state index contributed by atoms with van der Waals surface area (Å²) in [5.74, 6) is 1.11. The normalized spacial score (nSPS) is 12.9. The Morgan fingerprint density at radius 1 is 1.33 bits per heavy atom. The number of carbonyl (C=O) groups is 1. The molecule has 1 rings (SSSR count). The van der Waals surface area contributed by atoms with Crippen LogP contribution in [0.5, 0.6) is 11.5 Å². The number of nitrogens with one attached hydrogen (secondary N) is 1. The first-order valence-corrected chi connectivity index (χ1v) is 6.91. The maximum Gasteiger partial charge on any atom is 0.240 e. The molecule has 0 heterocycles. The van der Waals surface area contributed by atoms with Crippen LogP contribution in [0.2, 0.25) is 0 Å². The molecule has 5 heteroatoms. The van der Waals surface area contributed by atoms with E-state index in [-0.39, 0.29) is 5.91 Å². The van der Waals surface area contributed by atoms with Gasteiger partial charge >= 0.3 is 0 Å². The zero-order valence-corrected chi connectivity index (χ0v) is 13.0. The highest BCUT2D eigenvalue weighted by Crippen LogP contribution is 2.27. The molecule has 0 bridgehead atoms. The molecule has 0 aliphatic heterocycles. The molecule has 0 spiro atoms. The monoisotopic (exact) mass is 290 g/mol. The van der Waals surface area contributed by atoms with Gasteiger partial charge in [-0.05, 0) is 37.5 Å². The molecular weight excluding hydrogens is 268 g/mol. The van der Waals surface area contributed by atoms with E-state index in [1.165, 1.54) is 0 Å². The summed E-state index contributed by atoms with van der Waals surface area (Å²) in [6, 6.07) is 7.71. The van der Waals surface area contributed by atoms with E-state index in [1.54, 1.807) is 21.1 Å². The van der Waals surface area contributed by atoms with E-state index < -0.39 is 5.41 Å². The maximum atomic E-state index is 12.0. The maximum absolute atomic E-state index is 12.0. The second kappa shape index (κ2) is 7.53. The van der Waals surface area contributed by atoms with Gasteiger partial charge in [0.15, 0.2) is 11.5 Å². The summed E-state index contributed by atoms with van der Waals surface area (Å²) >= 11 is 0. The minimum absolute atomic E-state index is 0.229. The molecule has 21 heavy (non-hydrogen) atoms. The molecule has 1 atom stereocenters. The molecule has 0 saturated carbocycles. The number of ether oxygens (including phenoxy) is 2. The number of nitrogens with zero attached hydrogens (tertiary/aromatic N) is 1. The second-order valence-electron chi connectivity index (χ2n) is 4.99. The van der Waals surface area contributed by atoms with Crippen LogP contribution in [0.3, 0.4) is 0 Å². The molecule has 0 fully saturated rings. The van der Waals surface area contributed by atoms with Crippen LogP contribution in [0.1, 0.15) is 25.8 Å². The fourth-order valence-electron chi connectivity index (χ4n) is 1.84. The summed E-state index contributed by atoms with van der Waals surface area (Å²) in [6.45, 7) is 3.96. The molecule has 1 aromatic carbocycles. The van der Waals surface area contributed by atoms with Crippen molar-refractivity contribution in [3.8, 4) is 17.6 Å². The average Bonchev–Trinajstić information content (AvgIpc) is 2.53. The zero-order valence-electron chi connectivity index (χ0n) is 13.0. The molecule has 0 aliphatic carbocycles. The summed E-state index contributed by atoms with van der Waals surface area (Å²) in [5, 5.41) is 11.9. The summed E-state index contributed by atoms with van der Waals surface area (Å²) in [7, 11) is 3.17. The third kappa shape index (κ3) is 4.12. The lowest BCUT2D eigenvalue weighted by Gasteiger charge is -2.18. The molecule has 0 aromatic heterocycles. The van der Waals surface area contributed by atoms with Gasteiger partial charge in [0.1, 0.15) is 5.41 Å². The molecule has 0 radical (unpaired) electrons.